The first-order valence-electron chi connectivity index (χ1n) is 6.89. The highest BCUT2D eigenvalue weighted by atomic mass is 32.1. The lowest BCUT2D eigenvalue weighted by Gasteiger charge is -2.15. The van der Waals surface area contributed by atoms with Gasteiger partial charge in [-0.1, -0.05) is 6.92 Å². The monoisotopic (exact) mass is 314 g/mol. The molecule has 21 heavy (non-hydrogen) atoms. The van der Waals surface area contributed by atoms with E-state index in [-0.39, 0.29) is 0 Å². The van der Waals surface area contributed by atoms with Gasteiger partial charge in [-0.2, -0.15) is 0 Å². The molecular formula is C14H22N2O4S. The van der Waals surface area contributed by atoms with Gasteiger partial charge in [0.1, 0.15) is 6.04 Å². The maximum absolute atomic E-state index is 11.8. The Balaban J connectivity index is 2.41. The molecule has 0 aliphatic rings. The second kappa shape index (κ2) is 9.36. The lowest BCUT2D eigenvalue weighted by atomic mass is 10.1. The highest BCUT2D eigenvalue weighted by Crippen LogP contribution is 2.16. The summed E-state index contributed by atoms with van der Waals surface area (Å²) in [5, 5.41) is 16.2. The summed E-state index contributed by atoms with van der Waals surface area (Å²) in [5.41, 5.74) is 1.20. The van der Waals surface area contributed by atoms with Crippen LogP contribution in [-0.2, 0) is 22.5 Å². The Bertz CT molecular complexity index is 462. The zero-order valence-corrected chi connectivity index (χ0v) is 13.2. The first-order chi connectivity index (χ1) is 10.1. The van der Waals surface area contributed by atoms with Crippen LogP contribution in [0.2, 0.25) is 0 Å². The van der Waals surface area contributed by atoms with Crippen molar-refractivity contribution in [2.75, 3.05) is 13.7 Å². The van der Waals surface area contributed by atoms with Crippen molar-refractivity contribution in [1.82, 2.24) is 10.6 Å². The molecule has 0 radical (unpaired) electrons. The van der Waals surface area contributed by atoms with Crippen LogP contribution < -0.4 is 10.6 Å². The summed E-state index contributed by atoms with van der Waals surface area (Å²) < 4.78 is 4.88. The SMILES string of the molecule is CCc1ccsc1CNC(=O)NC(CCCOC)C(=O)O. The predicted molar refractivity (Wildman–Crippen MR) is 81.6 cm³/mol. The minimum Gasteiger partial charge on any atom is -0.480 e. The zero-order valence-electron chi connectivity index (χ0n) is 12.3. The molecule has 7 heteroatoms. The number of ether oxygens (including phenoxy) is 1. The highest BCUT2D eigenvalue weighted by molar-refractivity contribution is 7.10. The van der Waals surface area contributed by atoms with E-state index in [2.05, 4.69) is 17.6 Å². The number of nitrogens with one attached hydrogen (secondary N) is 2. The quantitative estimate of drug-likeness (QED) is 0.608. The van der Waals surface area contributed by atoms with Crippen molar-refractivity contribution in [2.45, 2.75) is 38.8 Å². The summed E-state index contributed by atoms with van der Waals surface area (Å²) in [6.07, 6.45) is 1.84. The average Bonchev–Trinajstić information content (AvgIpc) is 2.91. The third-order valence-electron chi connectivity index (χ3n) is 3.07. The fraction of sp³-hybridized carbons (Fsp3) is 0.571. The standard InChI is InChI=1S/C14H22N2O4S/c1-3-10-6-8-21-12(10)9-15-14(19)16-11(13(17)18)5-4-7-20-2/h6,8,11H,3-5,7,9H2,1-2H3,(H,17,18)(H2,15,16,19). The van der Waals surface area contributed by atoms with Crippen LogP contribution in [0.15, 0.2) is 11.4 Å². The Labute approximate surface area is 128 Å². The lowest BCUT2D eigenvalue weighted by molar-refractivity contribution is -0.139. The van der Waals surface area contributed by atoms with Crippen LogP contribution in [0.4, 0.5) is 4.79 Å². The van der Waals surface area contributed by atoms with Crippen molar-refractivity contribution in [3.8, 4) is 0 Å². The van der Waals surface area contributed by atoms with Crippen LogP contribution in [0.25, 0.3) is 0 Å². The molecule has 1 heterocycles. The van der Waals surface area contributed by atoms with Crippen molar-refractivity contribution in [2.24, 2.45) is 0 Å². The maximum atomic E-state index is 11.8. The number of methoxy groups -OCH3 is 1. The van der Waals surface area contributed by atoms with Gasteiger partial charge < -0.3 is 20.5 Å². The lowest BCUT2D eigenvalue weighted by Crippen LogP contribution is -2.45. The Morgan fingerprint density at radius 2 is 2.24 bits per heavy atom. The number of carboxylic acids is 1. The van der Waals surface area contributed by atoms with Gasteiger partial charge >= 0.3 is 12.0 Å². The number of hydrogen-bond acceptors (Lipinski definition) is 4. The largest absolute Gasteiger partial charge is 0.480 e. The second-order valence-electron chi connectivity index (χ2n) is 4.58. The van der Waals surface area contributed by atoms with Crippen molar-refractivity contribution in [3.63, 3.8) is 0 Å². The molecule has 0 saturated carbocycles. The number of amides is 2. The number of rotatable bonds is 9. The van der Waals surface area contributed by atoms with E-state index in [0.717, 1.165) is 11.3 Å². The Kier molecular flexibility index (Phi) is 7.78. The molecule has 0 spiro atoms. The van der Waals surface area contributed by atoms with Gasteiger partial charge in [-0.15, -0.1) is 11.3 Å². The molecule has 118 valence electrons. The van der Waals surface area contributed by atoms with Crippen LogP contribution in [-0.4, -0.2) is 36.9 Å². The summed E-state index contributed by atoms with van der Waals surface area (Å²) in [4.78, 5) is 24.0. The number of aryl methyl sites for hydroxylation is 1. The second-order valence-corrected chi connectivity index (χ2v) is 5.58. The third kappa shape index (κ3) is 6.14. The van der Waals surface area contributed by atoms with Gasteiger partial charge in [-0.3, -0.25) is 0 Å². The number of carboxylic acid groups (broad SMARTS) is 1. The molecule has 3 N–H and O–H groups in total. The molecule has 1 aromatic rings. The van der Waals surface area contributed by atoms with E-state index in [0.29, 0.717) is 26.0 Å². The molecule has 1 unspecified atom stereocenters. The Hall–Kier alpha value is -1.60. The fourth-order valence-electron chi connectivity index (χ4n) is 1.90. The summed E-state index contributed by atoms with van der Waals surface area (Å²) in [6.45, 7) is 2.95. The maximum Gasteiger partial charge on any atom is 0.326 e. The van der Waals surface area contributed by atoms with E-state index in [1.807, 2.05) is 11.4 Å². The van der Waals surface area contributed by atoms with Gasteiger partial charge in [0.2, 0.25) is 0 Å². The molecule has 1 aromatic heterocycles. The van der Waals surface area contributed by atoms with Crippen molar-refractivity contribution in [1.29, 1.82) is 0 Å². The van der Waals surface area contributed by atoms with E-state index in [1.54, 1.807) is 18.4 Å². The van der Waals surface area contributed by atoms with Gasteiger partial charge in [0.15, 0.2) is 0 Å². The van der Waals surface area contributed by atoms with E-state index in [4.69, 9.17) is 9.84 Å². The van der Waals surface area contributed by atoms with Crippen LogP contribution in [0.5, 0.6) is 0 Å². The van der Waals surface area contributed by atoms with Crippen molar-refractivity contribution >= 4 is 23.3 Å². The molecule has 1 atom stereocenters. The number of hydrogen-bond donors (Lipinski definition) is 3. The predicted octanol–water partition coefficient (Wildman–Crippen LogP) is 1.99. The number of aliphatic carboxylic acids is 1. The topological polar surface area (TPSA) is 87.7 Å². The number of carbonyl (C=O) groups excluding carboxylic acids is 1. The van der Waals surface area contributed by atoms with E-state index in [9.17, 15) is 9.59 Å². The molecular weight excluding hydrogens is 292 g/mol. The molecule has 0 aromatic carbocycles. The molecule has 2 amide bonds. The normalized spacial score (nSPS) is 11.9. The summed E-state index contributed by atoms with van der Waals surface area (Å²) in [7, 11) is 1.56. The van der Waals surface area contributed by atoms with Crippen molar-refractivity contribution in [3.05, 3.63) is 21.9 Å². The van der Waals surface area contributed by atoms with Gasteiger partial charge in [0.05, 0.1) is 6.54 Å². The van der Waals surface area contributed by atoms with E-state index >= 15 is 0 Å². The molecule has 1 rings (SSSR count). The molecule has 0 saturated heterocycles. The van der Waals surface area contributed by atoms with Gasteiger partial charge in [0, 0.05) is 18.6 Å². The summed E-state index contributed by atoms with van der Waals surface area (Å²) in [6, 6.07) is 0.675. The van der Waals surface area contributed by atoms with Crippen LogP contribution in [0, 0.1) is 0 Å². The van der Waals surface area contributed by atoms with Gasteiger partial charge in [-0.05, 0) is 36.3 Å². The molecule has 0 fully saturated rings. The zero-order chi connectivity index (χ0) is 15.7. The van der Waals surface area contributed by atoms with E-state index < -0.39 is 18.0 Å². The molecule has 0 bridgehead atoms. The van der Waals surface area contributed by atoms with Crippen LogP contribution >= 0.6 is 11.3 Å². The molecule has 0 aliphatic heterocycles. The molecule has 6 nitrogen and oxygen atoms in total. The number of carbonyl (C=O) groups is 2. The Morgan fingerprint density at radius 3 is 2.86 bits per heavy atom. The molecule has 0 aliphatic carbocycles. The minimum atomic E-state index is -1.04. The fourth-order valence-corrected chi connectivity index (χ4v) is 2.81. The third-order valence-corrected chi connectivity index (χ3v) is 4.04. The summed E-state index contributed by atoms with van der Waals surface area (Å²) >= 11 is 1.58. The van der Waals surface area contributed by atoms with Gasteiger partial charge in [-0.25, -0.2) is 9.59 Å². The van der Waals surface area contributed by atoms with Crippen LogP contribution in [0.3, 0.4) is 0 Å². The highest BCUT2D eigenvalue weighted by Gasteiger charge is 2.19. The average molecular weight is 314 g/mol. The van der Waals surface area contributed by atoms with Crippen LogP contribution in [0.1, 0.15) is 30.2 Å². The van der Waals surface area contributed by atoms with Crippen molar-refractivity contribution < 1.29 is 19.4 Å². The number of urea groups is 1. The minimum absolute atomic E-state index is 0.343. The smallest absolute Gasteiger partial charge is 0.326 e. The summed E-state index contributed by atoms with van der Waals surface area (Å²) in [5.74, 6) is -1.04. The van der Waals surface area contributed by atoms with Gasteiger partial charge in [0.25, 0.3) is 0 Å². The first kappa shape index (κ1) is 17.5. The number of thiophene rings is 1. The first-order valence-corrected chi connectivity index (χ1v) is 7.77. The Morgan fingerprint density at radius 1 is 1.48 bits per heavy atom. The van der Waals surface area contributed by atoms with E-state index in [1.165, 1.54) is 5.56 Å².